The minimum Gasteiger partial charge on any atom is -0.389 e. The van der Waals surface area contributed by atoms with Crippen LogP contribution in [0.25, 0.3) is 0 Å². The van der Waals surface area contributed by atoms with E-state index in [0.717, 1.165) is 11.1 Å². The van der Waals surface area contributed by atoms with Gasteiger partial charge >= 0.3 is 0 Å². The van der Waals surface area contributed by atoms with E-state index >= 15 is 0 Å². The third-order valence-electron chi connectivity index (χ3n) is 2.98. The second kappa shape index (κ2) is 6.65. The van der Waals surface area contributed by atoms with Crippen LogP contribution in [0.5, 0.6) is 0 Å². The molecule has 2 N–H and O–H groups in total. The average Bonchev–Trinajstić information content (AvgIpc) is 2.47. The van der Waals surface area contributed by atoms with E-state index in [4.69, 9.17) is 29.6 Å². The molecule has 1 aromatic heterocycles. The Morgan fingerprint density at radius 2 is 2.19 bits per heavy atom. The summed E-state index contributed by atoms with van der Waals surface area (Å²) in [7, 11) is 1.71. The molecule has 2 rings (SSSR count). The van der Waals surface area contributed by atoms with E-state index in [1.54, 1.807) is 24.2 Å². The molecule has 108 valence electrons. The first-order valence-corrected chi connectivity index (χ1v) is 7.01. The molecule has 1 heterocycles. The van der Waals surface area contributed by atoms with Gasteiger partial charge in [0.15, 0.2) is 0 Å². The van der Waals surface area contributed by atoms with E-state index < -0.39 is 0 Å². The summed E-state index contributed by atoms with van der Waals surface area (Å²) < 4.78 is 0. The third-order valence-corrected chi connectivity index (χ3v) is 3.52. The van der Waals surface area contributed by atoms with Crippen molar-refractivity contribution in [3.05, 3.63) is 64.4 Å². The molecule has 0 aliphatic rings. The Labute approximate surface area is 133 Å². The number of halogens is 1. The number of hydrogen-bond acceptors (Lipinski definition) is 3. The van der Waals surface area contributed by atoms with Crippen molar-refractivity contribution >= 4 is 34.7 Å². The first-order valence-electron chi connectivity index (χ1n) is 6.22. The lowest BCUT2D eigenvalue weighted by Gasteiger charge is -2.18. The molecule has 0 atom stereocenters. The fourth-order valence-corrected chi connectivity index (χ4v) is 2.25. The van der Waals surface area contributed by atoms with Gasteiger partial charge in [-0.2, -0.15) is 0 Å². The first kappa shape index (κ1) is 15.4. The fourth-order valence-electron chi connectivity index (χ4n) is 1.92. The molecule has 0 fully saturated rings. The molecule has 0 aliphatic carbocycles. The third kappa shape index (κ3) is 3.77. The van der Waals surface area contributed by atoms with Crippen molar-refractivity contribution in [2.24, 2.45) is 5.73 Å². The lowest BCUT2D eigenvalue weighted by molar-refractivity contribution is 0.0785. The topological polar surface area (TPSA) is 59.2 Å². The molecule has 4 nitrogen and oxygen atoms in total. The van der Waals surface area contributed by atoms with Crippen molar-refractivity contribution in [1.29, 1.82) is 0 Å². The average molecular weight is 320 g/mol. The highest BCUT2D eigenvalue weighted by atomic mass is 35.5. The van der Waals surface area contributed by atoms with Gasteiger partial charge in [-0.1, -0.05) is 42.0 Å². The monoisotopic (exact) mass is 319 g/mol. The van der Waals surface area contributed by atoms with Gasteiger partial charge in [-0.25, -0.2) is 0 Å². The smallest absolute Gasteiger partial charge is 0.255 e. The van der Waals surface area contributed by atoms with Crippen LogP contribution in [0.4, 0.5) is 0 Å². The molecular weight excluding hydrogens is 306 g/mol. The maximum Gasteiger partial charge on any atom is 0.255 e. The minimum atomic E-state index is -0.164. The molecule has 0 saturated carbocycles. The second-order valence-electron chi connectivity index (χ2n) is 4.58. The number of carbonyl (C=O) groups excluding carboxylic acids is 1. The lowest BCUT2D eigenvalue weighted by Crippen LogP contribution is -2.26. The van der Waals surface area contributed by atoms with Crippen molar-refractivity contribution in [3.63, 3.8) is 0 Å². The summed E-state index contributed by atoms with van der Waals surface area (Å²) in [5.74, 6) is -0.164. The Hall–Kier alpha value is -1.98. The molecule has 21 heavy (non-hydrogen) atoms. The molecule has 0 unspecified atom stereocenters. The summed E-state index contributed by atoms with van der Waals surface area (Å²) in [6, 6.07) is 9.10. The number of benzene rings is 1. The number of pyridine rings is 1. The summed E-state index contributed by atoms with van der Waals surface area (Å²) in [6.45, 7) is 0.438. The Morgan fingerprint density at radius 3 is 2.86 bits per heavy atom. The SMILES string of the molecule is CN(Cc1cccc(C(N)=S)c1)C(=O)c1ccncc1Cl. The number of nitrogens with zero attached hydrogens (tertiary/aromatic N) is 2. The van der Waals surface area contributed by atoms with Crippen molar-refractivity contribution in [2.45, 2.75) is 6.54 Å². The van der Waals surface area contributed by atoms with Crippen LogP contribution in [0, 0.1) is 0 Å². The van der Waals surface area contributed by atoms with Crippen LogP contribution in [-0.4, -0.2) is 27.8 Å². The fraction of sp³-hybridized carbons (Fsp3) is 0.133. The summed E-state index contributed by atoms with van der Waals surface area (Å²) >= 11 is 10.9. The number of aromatic nitrogens is 1. The van der Waals surface area contributed by atoms with Gasteiger partial charge in [0, 0.05) is 31.5 Å². The summed E-state index contributed by atoms with van der Waals surface area (Å²) in [5.41, 5.74) is 7.77. The van der Waals surface area contributed by atoms with Crippen molar-refractivity contribution in [3.8, 4) is 0 Å². The Kier molecular flexibility index (Phi) is 4.88. The maximum absolute atomic E-state index is 12.4. The zero-order valence-corrected chi connectivity index (χ0v) is 13.0. The molecule has 6 heteroatoms. The highest BCUT2D eigenvalue weighted by Gasteiger charge is 2.15. The molecule has 0 bridgehead atoms. The van der Waals surface area contributed by atoms with Gasteiger partial charge in [0.05, 0.1) is 10.6 Å². The second-order valence-corrected chi connectivity index (χ2v) is 5.43. The van der Waals surface area contributed by atoms with Gasteiger partial charge in [-0.05, 0) is 17.7 Å². The molecule has 0 saturated heterocycles. The predicted molar refractivity (Wildman–Crippen MR) is 87.4 cm³/mol. The largest absolute Gasteiger partial charge is 0.389 e. The molecule has 0 aliphatic heterocycles. The van der Waals surface area contributed by atoms with Crippen LogP contribution < -0.4 is 5.73 Å². The van der Waals surface area contributed by atoms with E-state index in [-0.39, 0.29) is 5.91 Å². The van der Waals surface area contributed by atoms with Crippen molar-refractivity contribution < 1.29 is 4.79 Å². The van der Waals surface area contributed by atoms with Crippen LogP contribution >= 0.6 is 23.8 Å². The molecule has 1 aromatic carbocycles. The maximum atomic E-state index is 12.4. The normalized spacial score (nSPS) is 10.2. The number of carbonyl (C=O) groups is 1. The van der Waals surface area contributed by atoms with Gasteiger partial charge < -0.3 is 10.6 Å². The number of rotatable bonds is 4. The molecule has 2 aromatic rings. The zero-order valence-electron chi connectivity index (χ0n) is 11.4. The number of thiocarbonyl (C=S) groups is 1. The minimum absolute atomic E-state index is 0.164. The van der Waals surface area contributed by atoms with Crippen LogP contribution in [0.3, 0.4) is 0 Å². The van der Waals surface area contributed by atoms with E-state index in [2.05, 4.69) is 4.98 Å². The van der Waals surface area contributed by atoms with E-state index in [0.29, 0.717) is 22.1 Å². The highest BCUT2D eigenvalue weighted by molar-refractivity contribution is 7.80. The highest BCUT2D eigenvalue weighted by Crippen LogP contribution is 2.16. The Bertz CT molecular complexity index is 690. The molecular formula is C15H14ClN3OS. The Morgan fingerprint density at radius 1 is 1.43 bits per heavy atom. The molecule has 1 amide bonds. The number of hydrogen-bond donors (Lipinski definition) is 1. The van der Waals surface area contributed by atoms with E-state index in [1.807, 2.05) is 24.3 Å². The summed E-state index contributed by atoms with van der Waals surface area (Å²) in [6.07, 6.45) is 3.00. The van der Waals surface area contributed by atoms with Crippen LogP contribution in [0.2, 0.25) is 5.02 Å². The quantitative estimate of drug-likeness (QED) is 0.880. The predicted octanol–water partition coefficient (Wildman–Crippen LogP) is 2.64. The zero-order chi connectivity index (χ0) is 15.4. The summed E-state index contributed by atoms with van der Waals surface area (Å²) in [4.78, 5) is 18.1. The molecule has 0 spiro atoms. The lowest BCUT2D eigenvalue weighted by atomic mass is 10.1. The standard InChI is InChI=1S/C15H14ClN3OS/c1-19(15(20)12-5-6-18-8-13(12)16)9-10-3-2-4-11(7-10)14(17)21/h2-8H,9H2,1H3,(H2,17,21). The van der Waals surface area contributed by atoms with E-state index in [9.17, 15) is 4.79 Å². The first-order chi connectivity index (χ1) is 9.99. The van der Waals surface area contributed by atoms with Gasteiger partial charge in [0.25, 0.3) is 5.91 Å². The van der Waals surface area contributed by atoms with Gasteiger partial charge in [-0.15, -0.1) is 0 Å². The van der Waals surface area contributed by atoms with Crippen LogP contribution in [0.15, 0.2) is 42.7 Å². The van der Waals surface area contributed by atoms with Crippen molar-refractivity contribution in [2.75, 3.05) is 7.05 Å². The number of nitrogens with two attached hydrogens (primary N) is 1. The van der Waals surface area contributed by atoms with E-state index in [1.165, 1.54) is 6.20 Å². The molecule has 0 radical (unpaired) electrons. The summed E-state index contributed by atoms with van der Waals surface area (Å²) in [5, 5.41) is 0.339. The van der Waals surface area contributed by atoms with Gasteiger partial charge in [0.1, 0.15) is 4.99 Å². The van der Waals surface area contributed by atoms with Crippen LogP contribution in [-0.2, 0) is 6.54 Å². The van der Waals surface area contributed by atoms with Gasteiger partial charge in [0.2, 0.25) is 0 Å². The van der Waals surface area contributed by atoms with Crippen LogP contribution in [0.1, 0.15) is 21.5 Å². The number of amides is 1. The Balaban J connectivity index is 2.16. The van der Waals surface area contributed by atoms with Gasteiger partial charge in [-0.3, -0.25) is 9.78 Å². The van der Waals surface area contributed by atoms with Crippen molar-refractivity contribution in [1.82, 2.24) is 9.88 Å².